The van der Waals surface area contributed by atoms with Crippen molar-refractivity contribution >= 4 is 0 Å². The van der Waals surface area contributed by atoms with Crippen molar-refractivity contribution < 1.29 is 9.47 Å². The molecule has 8 saturated carbocycles. The summed E-state index contributed by atoms with van der Waals surface area (Å²) in [5.41, 5.74) is 1.72. The Morgan fingerprint density at radius 2 is 0.886 bits per heavy atom. The van der Waals surface area contributed by atoms with Crippen LogP contribution in [-0.4, -0.2) is 26.9 Å². The largest absolute Gasteiger partial charge is 0.384 e. The van der Waals surface area contributed by atoms with Crippen molar-refractivity contribution in [2.75, 3.05) is 26.9 Å². The molecule has 202 valence electrons. The number of hydrogen-bond donors (Lipinski definition) is 0. The summed E-state index contributed by atoms with van der Waals surface area (Å²) in [6.07, 6.45) is 15.2. The van der Waals surface area contributed by atoms with Crippen LogP contribution in [0.25, 0.3) is 0 Å². The SMILES string of the molecule is CCOCC(C)(C)C1(C)C2CC3CC(C2)CC1C3.COCC(C)(C)C1(C)C2CC3CC(C2)CC1C3. The third-order valence-corrected chi connectivity index (χ3v) is 13.8. The first kappa shape index (κ1) is 26.5. The average molecular weight is 487 g/mol. The van der Waals surface area contributed by atoms with Crippen LogP contribution < -0.4 is 0 Å². The van der Waals surface area contributed by atoms with Gasteiger partial charge in [-0.25, -0.2) is 0 Å². The van der Waals surface area contributed by atoms with Crippen LogP contribution in [0.2, 0.25) is 0 Å². The average Bonchev–Trinajstić information content (AvgIpc) is 2.78. The third-order valence-electron chi connectivity index (χ3n) is 13.8. The molecular formula is C33H58O2. The van der Waals surface area contributed by atoms with Gasteiger partial charge in [0.25, 0.3) is 0 Å². The predicted octanol–water partition coefficient (Wildman–Crippen LogP) is 8.63. The molecule has 8 fully saturated rings. The van der Waals surface area contributed by atoms with Crippen LogP contribution in [-0.2, 0) is 9.47 Å². The van der Waals surface area contributed by atoms with Crippen LogP contribution in [0.5, 0.6) is 0 Å². The van der Waals surface area contributed by atoms with Gasteiger partial charge in [-0.1, -0.05) is 41.5 Å². The molecule has 0 N–H and O–H groups in total. The number of ether oxygens (including phenoxy) is 2. The van der Waals surface area contributed by atoms with E-state index in [0.29, 0.717) is 21.7 Å². The van der Waals surface area contributed by atoms with Crippen LogP contribution in [0.3, 0.4) is 0 Å². The lowest BCUT2D eigenvalue weighted by atomic mass is 9.40. The molecule has 8 aliphatic carbocycles. The van der Waals surface area contributed by atoms with E-state index < -0.39 is 0 Å². The van der Waals surface area contributed by atoms with Crippen LogP contribution in [0, 0.1) is 69.0 Å². The first-order chi connectivity index (χ1) is 16.4. The standard InChI is InChI=1S/C17H30O.C16H28O/c1-5-18-11-16(2,3)17(4)14-7-12-6-13(9-14)10-15(17)8-12;1-15(2,10-17-4)16(3)13-6-11-5-12(8-13)9-14(16)7-11/h12-15H,5-11H2,1-4H3;11-14H,5-10H2,1-4H3. The van der Waals surface area contributed by atoms with E-state index >= 15 is 0 Å². The molecule has 0 aromatic heterocycles. The molecule has 0 saturated heterocycles. The van der Waals surface area contributed by atoms with Crippen LogP contribution in [0.4, 0.5) is 0 Å². The molecule has 0 aromatic rings. The highest BCUT2D eigenvalue weighted by Crippen LogP contribution is 2.68. The maximum Gasteiger partial charge on any atom is 0.0522 e. The summed E-state index contributed by atoms with van der Waals surface area (Å²) in [6.45, 7) is 19.8. The van der Waals surface area contributed by atoms with Crippen molar-refractivity contribution in [1.29, 1.82) is 0 Å². The fourth-order valence-electron chi connectivity index (χ4n) is 11.6. The molecule has 0 amide bonds. The van der Waals surface area contributed by atoms with Crippen molar-refractivity contribution in [3.05, 3.63) is 0 Å². The second-order valence-electron chi connectivity index (χ2n) is 16.0. The minimum absolute atomic E-state index is 0.338. The van der Waals surface area contributed by atoms with E-state index in [0.717, 1.165) is 67.2 Å². The van der Waals surface area contributed by atoms with Gasteiger partial charge in [-0.2, -0.15) is 0 Å². The molecule has 0 unspecified atom stereocenters. The molecule has 0 atom stereocenters. The molecule has 2 heteroatoms. The number of rotatable bonds is 7. The highest BCUT2D eigenvalue weighted by Gasteiger charge is 2.61. The fraction of sp³-hybridized carbons (Fsp3) is 1.00. The Hall–Kier alpha value is -0.0800. The van der Waals surface area contributed by atoms with Crippen molar-refractivity contribution in [2.24, 2.45) is 69.0 Å². The minimum Gasteiger partial charge on any atom is -0.384 e. The van der Waals surface area contributed by atoms with E-state index in [2.05, 4.69) is 48.5 Å². The summed E-state index contributed by atoms with van der Waals surface area (Å²) in [7, 11) is 1.86. The minimum atomic E-state index is 0.338. The molecule has 0 spiro atoms. The Labute approximate surface area is 218 Å². The quantitative estimate of drug-likeness (QED) is 0.358. The lowest BCUT2D eigenvalue weighted by molar-refractivity contribution is -0.175. The molecule has 0 aliphatic heterocycles. The smallest absolute Gasteiger partial charge is 0.0522 e. The Morgan fingerprint density at radius 1 is 0.571 bits per heavy atom. The van der Waals surface area contributed by atoms with Gasteiger partial charge in [0.15, 0.2) is 0 Å². The van der Waals surface area contributed by atoms with Crippen LogP contribution in [0.15, 0.2) is 0 Å². The maximum atomic E-state index is 5.82. The highest BCUT2D eigenvalue weighted by molar-refractivity contribution is 5.10. The van der Waals surface area contributed by atoms with E-state index in [1.165, 1.54) is 51.4 Å². The summed E-state index contributed by atoms with van der Waals surface area (Å²) < 4.78 is 11.3. The Balaban J connectivity index is 0.000000145. The summed E-state index contributed by atoms with van der Waals surface area (Å²) >= 11 is 0. The van der Waals surface area contributed by atoms with E-state index in [1.54, 1.807) is 12.8 Å². The number of methoxy groups -OCH3 is 1. The Bertz CT molecular complexity index is 692. The monoisotopic (exact) mass is 486 g/mol. The van der Waals surface area contributed by atoms with E-state index in [4.69, 9.17) is 9.47 Å². The van der Waals surface area contributed by atoms with Gasteiger partial charge in [0.1, 0.15) is 0 Å². The van der Waals surface area contributed by atoms with Crippen LogP contribution in [0.1, 0.15) is 113 Å². The number of hydrogen-bond acceptors (Lipinski definition) is 2. The van der Waals surface area contributed by atoms with Crippen molar-refractivity contribution in [3.8, 4) is 0 Å². The van der Waals surface area contributed by atoms with E-state index in [-0.39, 0.29) is 0 Å². The van der Waals surface area contributed by atoms with Gasteiger partial charge in [-0.05, 0) is 140 Å². The van der Waals surface area contributed by atoms with Gasteiger partial charge < -0.3 is 9.47 Å². The lowest BCUT2D eigenvalue weighted by Crippen LogP contribution is -2.58. The molecular weight excluding hydrogens is 428 g/mol. The van der Waals surface area contributed by atoms with E-state index in [9.17, 15) is 0 Å². The first-order valence-electron chi connectivity index (χ1n) is 15.5. The zero-order valence-electron chi connectivity index (χ0n) is 24.6. The van der Waals surface area contributed by atoms with Gasteiger partial charge in [0, 0.05) is 13.7 Å². The predicted molar refractivity (Wildman–Crippen MR) is 146 cm³/mol. The Morgan fingerprint density at radius 3 is 1.17 bits per heavy atom. The van der Waals surface area contributed by atoms with Crippen LogP contribution >= 0.6 is 0 Å². The maximum absolute atomic E-state index is 5.82. The zero-order chi connectivity index (χ0) is 25.2. The molecule has 0 radical (unpaired) electrons. The topological polar surface area (TPSA) is 18.5 Å². The van der Waals surface area contributed by atoms with Gasteiger partial charge >= 0.3 is 0 Å². The second-order valence-corrected chi connectivity index (χ2v) is 16.0. The molecule has 2 nitrogen and oxygen atoms in total. The summed E-state index contributed by atoms with van der Waals surface area (Å²) in [5, 5.41) is 0. The first-order valence-corrected chi connectivity index (χ1v) is 15.5. The fourth-order valence-corrected chi connectivity index (χ4v) is 11.6. The van der Waals surface area contributed by atoms with Gasteiger partial charge in [0.05, 0.1) is 13.2 Å². The molecule has 8 rings (SSSR count). The molecule has 0 aromatic carbocycles. The van der Waals surface area contributed by atoms with E-state index in [1.807, 2.05) is 7.11 Å². The van der Waals surface area contributed by atoms with Gasteiger partial charge in [-0.15, -0.1) is 0 Å². The third kappa shape index (κ3) is 4.18. The lowest BCUT2D eigenvalue weighted by Gasteiger charge is -2.65. The Kier molecular flexibility index (Phi) is 7.04. The van der Waals surface area contributed by atoms with Crippen molar-refractivity contribution in [3.63, 3.8) is 0 Å². The highest BCUT2D eigenvalue weighted by atomic mass is 16.5. The second kappa shape index (κ2) is 9.29. The van der Waals surface area contributed by atoms with Crippen molar-refractivity contribution in [2.45, 2.75) is 113 Å². The zero-order valence-corrected chi connectivity index (χ0v) is 24.6. The normalized spacial score (nSPS) is 47.7. The summed E-state index contributed by atoms with van der Waals surface area (Å²) in [4.78, 5) is 0. The molecule has 0 heterocycles. The van der Waals surface area contributed by atoms with Crippen molar-refractivity contribution in [1.82, 2.24) is 0 Å². The summed E-state index contributed by atoms with van der Waals surface area (Å²) in [6, 6.07) is 0. The molecule has 35 heavy (non-hydrogen) atoms. The molecule has 8 bridgehead atoms. The molecule has 8 aliphatic rings. The van der Waals surface area contributed by atoms with Gasteiger partial charge in [0.2, 0.25) is 0 Å². The van der Waals surface area contributed by atoms with Gasteiger partial charge in [-0.3, -0.25) is 0 Å². The summed E-state index contributed by atoms with van der Waals surface area (Å²) in [5.74, 6) is 8.20.